The Morgan fingerprint density at radius 2 is 1.79 bits per heavy atom. The highest BCUT2D eigenvalue weighted by Gasteiger charge is 2.05. The van der Waals surface area contributed by atoms with Gasteiger partial charge in [-0.15, -0.1) is 0 Å². The van der Waals surface area contributed by atoms with Gasteiger partial charge in [-0.3, -0.25) is 4.79 Å². The average molecular weight is 375 g/mol. The van der Waals surface area contributed by atoms with Crippen molar-refractivity contribution < 1.29 is 9.53 Å². The smallest absolute Gasteiger partial charge is 0.263 e. The van der Waals surface area contributed by atoms with Crippen LogP contribution in [0, 0.1) is 6.92 Å². The number of carbonyl (C=O) groups excluding carboxylic acids is 1. The van der Waals surface area contributed by atoms with Crippen LogP contribution in [0.25, 0.3) is 0 Å². The van der Waals surface area contributed by atoms with Crippen molar-refractivity contribution in [3.63, 3.8) is 0 Å². The minimum Gasteiger partial charge on any atom is -0.484 e. The van der Waals surface area contributed by atoms with Crippen LogP contribution < -0.4 is 15.4 Å². The topological polar surface area (TPSA) is 63.2 Å². The number of hydrogen-bond acceptors (Lipinski definition) is 4. The molecule has 0 saturated heterocycles. The minimum absolute atomic E-state index is 0.0514. The minimum atomic E-state index is -0.239. The maximum Gasteiger partial charge on any atom is 0.263 e. The van der Waals surface area contributed by atoms with Crippen molar-refractivity contribution in [2.45, 2.75) is 19.8 Å². The van der Waals surface area contributed by atoms with Gasteiger partial charge in [0, 0.05) is 6.54 Å². The maximum atomic E-state index is 12.0. The Morgan fingerprint density at radius 1 is 1.00 bits per heavy atom. The molecule has 5 nitrogen and oxygen atoms in total. The Kier molecular flexibility index (Phi) is 7.01. The van der Waals surface area contributed by atoms with Crippen LogP contribution in [0.2, 0.25) is 0 Å². The molecule has 1 aromatic heterocycles. The number of anilines is 2. The summed E-state index contributed by atoms with van der Waals surface area (Å²) in [6.45, 7) is 2.82. The van der Waals surface area contributed by atoms with E-state index in [2.05, 4.69) is 39.9 Å². The van der Waals surface area contributed by atoms with Crippen molar-refractivity contribution in [3.8, 4) is 5.75 Å². The number of hydrogen-bond donors (Lipinski definition) is 2. The van der Waals surface area contributed by atoms with Crippen LogP contribution in [-0.4, -0.2) is 24.0 Å². The fraction of sp³-hybridized carbons (Fsp3) is 0.217. The fourth-order valence-electron chi connectivity index (χ4n) is 2.70. The molecule has 1 heterocycles. The van der Waals surface area contributed by atoms with Crippen LogP contribution >= 0.6 is 0 Å². The summed E-state index contributed by atoms with van der Waals surface area (Å²) >= 11 is 0. The maximum absolute atomic E-state index is 12.0. The molecule has 0 atom stereocenters. The molecule has 0 saturated carbocycles. The predicted molar refractivity (Wildman–Crippen MR) is 113 cm³/mol. The molecule has 3 rings (SSSR count). The van der Waals surface area contributed by atoms with Gasteiger partial charge in [0.1, 0.15) is 11.6 Å². The van der Waals surface area contributed by atoms with Crippen molar-refractivity contribution >= 4 is 17.4 Å². The normalized spacial score (nSPS) is 10.3. The summed E-state index contributed by atoms with van der Waals surface area (Å²) in [4.78, 5) is 16.3. The quantitative estimate of drug-likeness (QED) is 0.542. The Bertz CT molecular complexity index is 863. The van der Waals surface area contributed by atoms with Crippen LogP contribution in [0.15, 0.2) is 72.9 Å². The highest BCUT2D eigenvalue weighted by atomic mass is 16.5. The molecule has 28 heavy (non-hydrogen) atoms. The zero-order valence-electron chi connectivity index (χ0n) is 16.0. The van der Waals surface area contributed by atoms with E-state index in [0.717, 1.165) is 30.6 Å². The summed E-state index contributed by atoms with van der Waals surface area (Å²) in [6.07, 6.45) is 3.80. The summed E-state index contributed by atoms with van der Waals surface area (Å²) in [5.74, 6) is 0.938. The molecule has 144 valence electrons. The number of aryl methyl sites for hydroxylation is 2. The molecule has 0 aliphatic heterocycles. The Hall–Kier alpha value is -3.34. The second kappa shape index (κ2) is 10.1. The molecule has 1 amide bonds. The summed E-state index contributed by atoms with van der Waals surface area (Å²) in [5.41, 5.74) is 3.42. The van der Waals surface area contributed by atoms with E-state index >= 15 is 0 Å². The van der Waals surface area contributed by atoms with E-state index in [1.807, 2.05) is 43.3 Å². The third-order valence-electron chi connectivity index (χ3n) is 4.24. The lowest BCUT2D eigenvalue weighted by molar-refractivity contribution is -0.118. The van der Waals surface area contributed by atoms with Gasteiger partial charge < -0.3 is 15.4 Å². The number of rotatable bonds is 9. The molecule has 0 radical (unpaired) electrons. The van der Waals surface area contributed by atoms with Gasteiger partial charge in [-0.2, -0.15) is 0 Å². The molecule has 0 aliphatic carbocycles. The van der Waals surface area contributed by atoms with Gasteiger partial charge in [0.2, 0.25) is 0 Å². The van der Waals surface area contributed by atoms with Gasteiger partial charge in [0.05, 0.1) is 11.9 Å². The summed E-state index contributed by atoms with van der Waals surface area (Å²) in [5, 5.41) is 6.08. The van der Waals surface area contributed by atoms with E-state index in [1.54, 1.807) is 12.3 Å². The molecule has 2 N–H and O–H groups in total. The lowest BCUT2D eigenvalue weighted by Gasteiger charge is -2.09. The van der Waals surface area contributed by atoms with Crippen molar-refractivity contribution in [2.24, 2.45) is 0 Å². The Labute approximate surface area is 165 Å². The number of ether oxygens (including phenoxy) is 1. The first-order valence-electron chi connectivity index (χ1n) is 9.42. The van der Waals surface area contributed by atoms with Gasteiger partial charge in [-0.05, 0) is 49.6 Å². The molecular weight excluding hydrogens is 350 g/mol. The highest BCUT2D eigenvalue weighted by Crippen LogP contribution is 2.12. The Morgan fingerprint density at radius 3 is 2.50 bits per heavy atom. The molecule has 0 spiro atoms. The molecule has 0 fully saturated rings. The van der Waals surface area contributed by atoms with Crippen molar-refractivity contribution in [1.82, 2.24) is 4.98 Å². The third-order valence-corrected chi connectivity index (χ3v) is 4.24. The molecule has 0 aliphatic rings. The number of benzene rings is 2. The summed E-state index contributed by atoms with van der Waals surface area (Å²) < 4.78 is 5.47. The van der Waals surface area contributed by atoms with Crippen LogP contribution in [-0.2, 0) is 11.2 Å². The lowest BCUT2D eigenvalue weighted by Crippen LogP contribution is -2.20. The van der Waals surface area contributed by atoms with Crippen LogP contribution in [0.1, 0.15) is 17.5 Å². The Balaban J connectivity index is 1.37. The number of amides is 1. The molecule has 5 heteroatoms. The number of nitrogens with one attached hydrogen (secondary N) is 2. The first kappa shape index (κ1) is 19.4. The predicted octanol–water partition coefficient (Wildman–Crippen LogP) is 4.45. The van der Waals surface area contributed by atoms with Gasteiger partial charge in [-0.1, -0.05) is 48.0 Å². The van der Waals surface area contributed by atoms with Crippen molar-refractivity contribution in [2.75, 3.05) is 23.8 Å². The monoisotopic (exact) mass is 375 g/mol. The van der Waals surface area contributed by atoms with Crippen LogP contribution in [0.4, 0.5) is 11.5 Å². The van der Waals surface area contributed by atoms with E-state index in [-0.39, 0.29) is 12.5 Å². The van der Waals surface area contributed by atoms with E-state index in [4.69, 9.17) is 4.74 Å². The number of nitrogens with zero attached hydrogens (tertiary/aromatic N) is 1. The molecule has 2 aromatic carbocycles. The first-order chi connectivity index (χ1) is 13.7. The molecule has 3 aromatic rings. The first-order valence-corrected chi connectivity index (χ1v) is 9.42. The van der Waals surface area contributed by atoms with E-state index in [0.29, 0.717) is 11.6 Å². The number of aromatic nitrogens is 1. The van der Waals surface area contributed by atoms with Crippen LogP contribution in [0.5, 0.6) is 5.75 Å². The van der Waals surface area contributed by atoms with Gasteiger partial charge in [0.25, 0.3) is 5.91 Å². The fourth-order valence-corrected chi connectivity index (χ4v) is 2.70. The van der Waals surface area contributed by atoms with Crippen molar-refractivity contribution in [1.29, 1.82) is 0 Å². The van der Waals surface area contributed by atoms with Gasteiger partial charge >= 0.3 is 0 Å². The molecular formula is C23H25N3O2. The second-order valence-electron chi connectivity index (χ2n) is 6.60. The average Bonchev–Trinajstić information content (AvgIpc) is 2.73. The van der Waals surface area contributed by atoms with Crippen LogP contribution in [0.3, 0.4) is 0 Å². The summed E-state index contributed by atoms with van der Waals surface area (Å²) in [7, 11) is 0. The standard InChI is InChI=1S/C23H25N3O2/c1-18-9-12-21(13-10-18)28-17-23(27)26-22-14-11-20(16-25-22)24-15-5-8-19-6-3-2-4-7-19/h2-4,6-7,9-14,16,24H,5,8,15,17H2,1H3,(H,25,26,27). The zero-order valence-corrected chi connectivity index (χ0v) is 16.0. The summed E-state index contributed by atoms with van der Waals surface area (Å²) in [6, 6.07) is 21.7. The van der Waals surface area contributed by atoms with Crippen molar-refractivity contribution in [3.05, 3.63) is 84.1 Å². The number of carbonyl (C=O) groups is 1. The van der Waals surface area contributed by atoms with E-state index in [9.17, 15) is 4.79 Å². The second-order valence-corrected chi connectivity index (χ2v) is 6.60. The molecule has 0 bridgehead atoms. The zero-order chi connectivity index (χ0) is 19.6. The molecule has 0 unspecified atom stereocenters. The third kappa shape index (κ3) is 6.43. The number of pyridine rings is 1. The van der Waals surface area contributed by atoms with Gasteiger partial charge in [-0.25, -0.2) is 4.98 Å². The van der Waals surface area contributed by atoms with E-state index < -0.39 is 0 Å². The highest BCUT2D eigenvalue weighted by molar-refractivity contribution is 5.91. The van der Waals surface area contributed by atoms with E-state index in [1.165, 1.54) is 5.56 Å². The lowest BCUT2D eigenvalue weighted by atomic mass is 10.1. The van der Waals surface area contributed by atoms with Gasteiger partial charge in [0.15, 0.2) is 6.61 Å². The largest absolute Gasteiger partial charge is 0.484 e. The SMILES string of the molecule is Cc1ccc(OCC(=O)Nc2ccc(NCCCc3ccccc3)cn2)cc1.